The summed E-state index contributed by atoms with van der Waals surface area (Å²) < 4.78 is 0.999. The van der Waals surface area contributed by atoms with Gasteiger partial charge in [-0.25, -0.2) is 0 Å². The molecule has 1 atom stereocenters. The van der Waals surface area contributed by atoms with E-state index >= 15 is 0 Å². The maximum Gasteiger partial charge on any atom is 0.176 e. The molecule has 0 aliphatic carbocycles. The number of carbonyl (C=O) groups is 1. The standard InChI is InChI=1S/C13H18BrNO/c1-4-10(2)15(3)9-13(16)11-5-7-12(14)8-6-11/h5-8,10H,4,9H2,1-3H3. The Morgan fingerprint density at radius 2 is 1.94 bits per heavy atom. The van der Waals surface area contributed by atoms with Crippen LogP contribution in [0.4, 0.5) is 0 Å². The highest BCUT2D eigenvalue weighted by atomic mass is 79.9. The Morgan fingerprint density at radius 1 is 1.38 bits per heavy atom. The molecule has 0 aliphatic rings. The van der Waals surface area contributed by atoms with Crippen LogP contribution < -0.4 is 0 Å². The van der Waals surface area contributed by atoms with E-state index in [1.807, 2.05) is 31.3 Å². The Balaban J connectivity index is 2.62. The van der Waals surface area contributed by atoms with Crippen LogP contribution in [0.25, 0.3) is 0 Å². The van der Waals surface area contributed by atoms with E-state index in [0.29, 0.717) is 12.6 Å². The van der Waals surface area contributed by atoms with Crippen LogP contribution in [-0.2, 0) is 0 Å². The fraction of sp³-hybridized carbons (Fsp3) is 0.462. The first-order valence-electron chi connectivity index (χ1n) is 5.53. The summed E-state index contributed by atoms with van der Waals surface area (Å²) in [6.45, 7) is 4.75. The van der Waals surface area contributed by atoms with Crippen LogP contribution in [0, 0.1) is 0 Å². The van der Waals surface area contributed by atoms with Crippen LogP contribution in [0.3, 0.4) is 0 Å². The minimum atomic E-state index is 0.176. The molecule has 0 saturated heterocycles. The van der Waals surface area contributed by atoms with Crippen molar-refractivity contribution in [2.75, 3.05) is 13.6 Å². The van der Waals surface area contributed by atoms with Crippen LogP contribution in [0.15, 0.2) is 28.7 Å². The zero-order valence-corrected chi connectivity index (χ0v) is 11.6. The second kappa shape index (κ2) is 6.16. The molecule has 0 bridgehead atoms. The van der Waals surface area contributed by atoms with Crippen LogP contribution in [-0.4, -0.2) is 30.3 Å². The van der Waals surface area contributed by atoms with Crippen molar-refractivity contribution in [2.45, 2.75) is 26.3 Å². The molecule has 16 heavy (non-hydrogen) atoms. The first kappa shape index (κ1) is 13.4. The van der Waals surface area contributed by atoms with E-state index in [-0.39, 0.29) is 5.78 Å². The Bertz CT molecular complexity index is 347. The molecule has 0 fully saturated rings. The molecule has 3 heteroatoms. The molecule has 0 aromatic heterocycles. The first-order chi connectivity index (χ1) is 7.54. The summed E-state index contributed by atoms with van der Waals surface area (Å²) in [5.41, 5.74) is 0.776. The molecule has 1 aromatic rings. The van der Waals surface area contributed by atoms with Crippen LogP contribution in [0.1, 0.15) is 30.6 Å². The van der Waals surface area contributed by atoms with Gasteiger partial charge in [-0.2, -0.15) is 0 Å². The van der Waals surface area contributed by atoms with Gasteiger partial charge in [-0.3, -0.25) is 9.69 Å². The van der Waals surface area contributed by atoms with Crippen LogP contribution in [0.2, 0.25) is 0 Å². The van der Waals surface area contributed by atoms with Gasteiger partial charge in [0.25, 0.3) is 0 Å². The highest BCUT2D eigenvalue weighted by Gasteiger charge is 2.12. The van der Waals surface area contributed by atoms with Crippen molar-refractivity contribution < 1.29 is 4.79 Å². The molecule has 1 aromatic carbocycles. The zero-order chi connectivity index (χ0) is 12.1. The summed E-state index contributed by atoms with van der Waals surface area (Å²) in [6, 6.07) is 7.96. The van der Waals surface area contributed by atoms with Gasteiger partial charge < -0.3 is 0 Å². The normalized spacial score (nSPS) is 12.8. The number of hydrogen-bond donors (Lipinski definition) is 0. The van der Waals surface area contributed by atoms with Gasteiger partial charge in [0.15, 0.2) is 5.78 Å². The largest absolute Gasteiger partial charge is 0.296 e. The summed E-state index contributed by atoms with van der Waals surface area (Å²) >= 11 is 3.36. The molecule has 88 valence electrons. The van der Waals surface area contributed by atoms with E-state index < -0.39 is 0 Å². The van der Waals surface area contributed by atoms with E-state index in [0.717, 1.165) is 16.5 Å². The third-order valence-corrected chi connectivity index (χ3v) is 3.43. The molecule has 0 saturated carbocycles. The molecule has 0 spiro atoms. The number of Topliss-reactive ketones (excluding diaryl/α,β-unsaturated/α-hetero) is 1. The van der Waals surface area contributed by atoms with Gasteiger partial charge in [0.2, 0.25) is 0 Å². The fourth-order valence-corrected chi connectivity index (χ4v) is 1.69. The van der Waals surface area contributed by atoms with Gasteiger partial charge in [-0.05, 0) is 32.5 Å². The highest BCUT2D eigenvalue weighted by Crippen LogP contribution is 2.11. The third-order valence-electron chi connectivity index (χ3n) is 2.90. The first-order valence-corrected chi connectivity index (χ1v) is 6.33. The maximum absolute atomic E-state index is 11.9. The SMILES string of the molecule is CCC(C)N(C)CC(=O)c1ccc(Br)cc1. The predicted octanol–water partition coefficient (Wildman–Crippen LogP) is 3.36. The number of halogens is 1. The number of ketones is 1. The van der Waals surface area contributed by atoms with E-state index in [2.05, 4.69) is 34.7 Å². The van der Waals surface area contributed by atoms with Crippen LogP contribution >= 0.6 is 15.9 Å². The van der Waals surface area contributed by atoms with Crippen molar-refractivity contribution in [1.29, 1.82) is 0 Å². The van der Waals surface area contributed by atoms with Crippen molar-refractivity contribution >= 4 is 21.7 Å². The molecule has 0 N–H and O–H groups in total. The second-order valence-electron chi connectivity index (χ2n) is 4.10. The number of benzene rings is 1. The summed E-state index contributed by atoms with van der Waals surface area (Å²) in [5, 5.41) is 0. The molecule has 0 aliphatic heterocycles. The quantitative estimate of drug-likeness (QED) is 0.773. The average Bonchev–Trinajstić information content (AvgIpc) is 2.28. The lowest BCUT2D eigenvalue weighted by molar-refractivity contribution is 0.0923. The molecule has 1 unspecified atom stereocenters. The summed E-state index contributed by atoms with van der Waals surface area (Å²) in [4.78, 5) is 14.0. The zero-order valence-electron chi connectivity index (χ0n) is 10.0. The van der Waals surface area contributed by atoms with Crippen molar-refractivity contribution in [2.24, 2.45) is 0 Å². The Labute approximate surface area is 106 Å². The minimum absolute atomic E-state index is 0.176. The summed E-state index contributed by atoms with van der Waals surface area (Å²) in [5.74, 6) is 0.176. The number of rotatable bonds is 5. The predicted molar refractivity (Wildman–Crippen MR) is 70.9 cm³/mol. The van der Waals surface area contributed by atoms with Gasteiger partial charge in [0.05, 0.1) is 6.54 Å². The fourth-order valence-electron chi connectivity index (χ4n) is 1.42. The van der Waals surface area contributed by atoms with Gasteiger partial charge in [0, 0.05) is 16.1 Å². The third kappa shape index (κ3) is 3.72. The Morgan fingerprint density at radius 3 is 2.44 bits per heavy atom. The monoisotopic (exact) mass is 283 g/mol. The lowest BCUT2D eigenvalue weighted by atomic mass is 10.1. The molecule has 0 amide bonds. The Kier molecular flexibility index (Phi) is 5.16. The van der Waals surface area contributed by atoms with Gasteiger partial charge >= 0.3 is 0 Å². The molecule has 0 heterocycles. The van der Waals surface area contributed by atoms with E-state index in [9.17, 15) is 4.79 Å². The van der Waals surface area contributed by atoms with Crippen molar-refractivity contribution in [3.8, 4) is 0 Å². The number of hydrogen-bond acceptors (Lipinski definition) is 2. The van der Waals surface area contributed by atoms with Crippen molar-refractivity contribution in [3.05, 3.63) is 34.3 Å². The molecule has 2 nitrogen and oxygen atoms in total. The maximum atomic E-state index is 11.9. The topological polar surface area (TPSA) is 20.3 Å². The van der Waals surface area contributed by atoms with Gasteiger partial charge in [0.1, 0.15) is 0 Å². The van der Waals surface area contributed by atoms with Crippen LogP contribution in [0.5, 0.6) is 0 Å². The molecular weight excluding hydrogens is 266 g/mol. The summed E-state index contributed by atoms with van der Waals surface area (Å²) in [6.07, 6.45) is 1.06. The lowest BCUT2D eigenvalue weighted by Crippen LogP contribution is -2.33. The van der Waals surface area contributed by atoms with E-state index in [1.54, 1.807) is 0 Å². The lowest BCUT2D eigenvalue weighted by Gasteiger charge is -2.22. The highest BCUT2D eigenvalue weighted by molar-refractivity contribution is 9.10. The van der Waals surface area contributed by atoms with Gasteiger partial charge in [-0.1, -0.05) is 35.0 Å². The Hall–Kier alpha value is -0.670. The summed E-state index contributed by atoms with van der Waals surface area (Å²) in [7, 11) is 1.99. The molecule has 1 rings (SSSR count). The van der Waals surface area contributed by atoms with E-state index in [1.165, 1.54) is 0 Å². The number of carbonyl (C=O) groups excluding carboxylic acids is 1. The average molecular weight is 284 g/mol. The number of likely N-dealkylation sites (N-methyl/N-ethyl adjacent to an activating group) is 1. The number of nitrogens with zero attached hydrogens (tertiary/aromatic N) is 1. The van der Waals surface area contributed by atoms with Crippen molar-refractivity contribution in [1.82, 2.24) is 4.90 Å². The minimum Gasteiger partial charge on any atom is -0.296 e. The van der Waals surface area contributed by atoms with Gasteiger partial charge in [-0.15, -0.1) is 0 Å². The smallest absolute Gasteiger partial charge is 0.176 e. The molecule has 0 radical (unpaired) electrons. The van der Waals surface area contributed by atoms with E-state index in [4.69, 9.17) is 0 Å². The molecular formula is C13H18BrNO. The van der Waals surface area contributed by atoms with Crippen molar-refractivity contribution in [3.63, 3.8) is 0 Å². The second-order valence-corrected chi connectivity index (χ2v) is 5.02.